The lowest BCUT2D eigenvalue weighted by atomic mass is 10.2. The summed E-state index contributed by atoms with van der Waals surface area (Å²) in [5, 5.41) is 0. The SMILES string of the molecule is CCN(C(C)=O)[C@@H]1CCN(C(=O)[C@H](C)N)C1. The maximum absolute atomic E-state index is 11.7. The van der Waals surface area contributed by atoms with Crippen molar-refractivity contribution in [3.63, 3.8) is 0 Å². The first-order valence-electron chi connectivity index (χ1n) is 5.79. The molecule has 0 saturated carbocycles. The summed E-state index contributed by atoms with van der Waals surface area (Å²) in [5.74, 6) is 0.0460. The van der Waals surface area contributed by atoms with E-state index in [1.807, 2.05) is 11.8 Å². The third-order valence-corrected chi connectivity index (χ3v) is 3.05. The standard InChI is InChI=1S/C11H21N3O2/c1-4-14(9(3)15)10-5-6-13(7-10)11(16)8(2)12/h8,10H,4-7,12H2,1-3H3/t8-,10+/m0/s1. The molecule has 5 nitrogen and oxygen atoms in total. The highest BCUT2D eigenvalue weighted by atomic mass is 16.2. The lowest BCUT2D eigenvalue weighted by Gasteiger charge is -2.27. The number of hydrogen-bond acceptors (Lipinski definition) is 3. The molecule has 1 saturated heterocycles. The molecule has 2 atom stereocenters. The summed E-state index contributed by atoms with van der Waals surface area (Å²) in [6.45, 7) is 7.23. The number of carbonyl (C=O) groups excluding carboxylic acids is 2. The van der Waals surface area contributed by atoms with Crippen LogP contribution in [-0.2, 0) is 9.59 Å². The topological polar surface area (TPSA) is 66.6 Å². The summed E-state index contributed by atoms with van der Waals surface area (Å²) in [5.41, 5.74) is 5.56. The Bertz CT molecular complexity index is 278. The Hall–Kier alpha value is -1.10. The number of rotatable bonds is 3. The zero-order chi connectivity index (χ0) is 12.3. The molecule has 0 aliphatic carbocycles. The van der Waals surface area contributed by atoms with Crippen molar-refractivity contribution in [3.8, 4) is 0 Å². The summed E-state index contributed by atoms with van der Waals surface area (Å²) in [6.07, 6.45) is 0.853. The van der Waals surface area contributed by atoms with Gasteiger partial charge in [0.05, 0.1) is 12.1 Å². The average Bonchev–Trinajstić information content (AvgIpc) is 2.66. The summed E-state index contributed by atoms with van der Waals surface area (Å²) in [6, 6.07) is -0.295. The van der Waals surface area contributed by atoms with Gasteiger partial charge in [0, 0.05) is 26.6 Å². The molecule has 0 radical (unpaired) electrons. The van der Waals surface area contributed by atoms with Crippen LogP contribution in [0.2, 0.25) is 0 Å². The highest BCUT2D eigenvalue weighted by molar-refractivity contribution is 5.81. The predicted octanol–water partition coefficient (Wildman–Crippen LogP) is -0.197. The van der Waals surface area contributed by atoms with Crippen molar-refractivity contribution < 1.29 is 9.59 Å². The van der Waals surface area contributed by atoms with Crippen molar-refractivity contribution >= 4 is 11.8 Å². The molecule has 1 aliphatic rings. The number of hydrogen-bond donors (Lipinski definition) is 1. The molecule has 1 rings (SSSR count). The first-order chi connectivity index (χ1) is 7.47. The van der Waals surface area contributed by atoms with Gasteiger partial charge in [0.1, 0.15) is 0 Å². The van der Waals surface area contributed by atoms with Crippen LogP contribution in [0.1, 0.15) is 27.2 Å². The minimum atomic E-state index is -0.453. The normalized spacial score (nSPS) is 22.0. The number of nitrogens with two attached hydrogens (primary N) is 1. The lowest BCUT2D eigenvalue weighted by molar-refractivity contribution is -0.134. The molecular formula is C11H21N3O2. The van der Waals surface area contributed by atoms with E-state index in [4.69, 9.17) is 5.73 Å². The number of likely N-dealkylation sites (tertiary alicyclic amines) is 1. The van der Waals surface area contributed by atoms with Gasteiger partial charge in [-0.05, 0) is 20.3 Å². The molecule has 0 aromatic heterocycles. The van der Waals surface area contributed by atoms with Crippen LogP contribution < -0.4 is 5.73 Å². The van der Waals surface area contributed by atoms with Crippen LogP contribution in [0.4, 0.5) is 0 Å². The van der Waals surface area contributed by atoms with E-state index in [1.54, 1.807) is 18.7 Å². The Balaban J connectivity index is 2.58. The molecule has 16 heavy (non-hydrogen) atoms. The van der Waals surface area contributed by atoms with Crippen LogP contribution in [0.25, 0.3) is 0 Å². The van der Waals surface area contributed by atoms with Crippen LogP contribution >= 0.6 is 0 Å². The third-order valence-electron chi connectivity index (χ3n) is 3.05. The quantitative estimate of drug-likeness (QED) is 0.726. The Morgan fingerprint density at radius 1 is 1.56 bits per heavy atom. The van der Waals surface area contributed by atoms with E-state index in [2.05, 4.69) is 0 Å². The van der Waals surface area contributed by atoms with Crippen molar-refractivity contribution in [2.45, 2.75) is 39.3 Å². The molecule has 1 aliphatic heterocycles. The first kappa shape index (κ1) is 13.0. The number of likely N-dealkylation sites (N-methyl/N-ethyl adjacent to an activating group) is 1. The highest BCUT2D eigenvalue weighted by Gasteiger charge is 2.31. The predicted molar refractivity (Wildman–Crippen MR) is 61.7 cm³/mol. The van der Waals surface area contributed by atoms with Crippen molar-refractivity contribution in [1.82, 2.24) is 9.80 Å². The molecule has 0 aromatic rings. The zero-order valence-corrected chi connectivity index (χ0v) is 10.3. The first-order valence-corrected chi connectivity index (χ1v) is 5.79. The van der Waals surface area contributed by atoms with E-state index in [0.717, 1.165) is 6.42 Å². The van der Waals surface area contributed by atoms with Gasteiger partial charge in [0.2, 0.25) is 11.8 Å². The average molecular weight is 227 g/mol. The van der Waals surface area contributed by atoms with Gasteiger partial charge >= 0.3 is 0 Å². The maximum atomic E-state index is 11.7. The van der Waals surface area contributed by atoms with Gasteiger partial charge < -0.3 is 15.5 Å². The molecule has 5 heteroatoms. The molecule has 1 fully saturated rings. The summed E-state index contributed by atoms with van der Waals surface area (Å²) < 4.78 is 0. The largest absolute Gasteiger partial charge is 0.339 e. The van der Waals surface area contributed by atoms with Crippen molar-refractivity contribution in [2.24, 2.45) is 5.73 Å². The van der Waals surface area contributed by atoms with Crippen LogP contribution in [0.15, 0.2) is 0 Å². The van der Waals surface area contributed by atoms with Gasteiger partial charge in [-0.25, -0.2) is 0 Å². The molecule has 0 unspecified atom stereocenters. The van der Waals surface area contributed by atoms with Gasteiger partial charge in [-0.2, -0.15) is 0 Å². The molecule has 1 heterocycles. The summed E-state index contributed by atoms with van der Waals surface area (Å²) >= 11 is 0. The fraction of sp³-hybridized carbons (Fsp3) is 0.818. The Morgan fingerprint density at radius 3 is 2.62 bits per heavy atom. The summed E-state index contributed by atoms with van der Waals surface area (Å²) in [7, 11) is 0. The number of nitrogens with zero attached hydrogens (tertiary/aromatic N) is 2. The second-order valence-corrected chi connectivity index (χ2v) is 4.32. The minimum absolute atomic E-state index is 0.0258. The van der Waals surface area contributed by atoms with E-state index in [1.165, 1.54) is 0 Å². The van der Waals surface area contributed by atoms with Gasteiger partial charge in [0.25, 0.3) is 0 Å². The number of carbonyl (C=O) groups is 2. The van der Waals surface area contributed by atoms with E-state index >= 15 is 0 Å². The maximum Gasteiger partial charge on any atom is 0.239 e. The molecule has 0 bridgehead atoms. The van der Waals surface area contributed by atoms with Crippen molar-refractivity contribution in [1.29, 1.82) is 0 Å². The molecule has 0 spiro atoms. The summed E-state index contributed by atoms with van der Waals surface area (Å²) in [4.78, 5) is 26.6. The van der Waals surface area contributed by atoms with Gasteiger partial charge in [-0.1, -0.05) is 0 Å². The van der Waals surface area contributed by atoms with Gasteiger partial charge in [-0.3, -0.25) is 9.59 Å². The van der Waals surface area contributed by atoms with Crippen LogP contribution in [0, 0.1) is 0 Å². The fourth-order valence-electron chi connectivity index (χ4n) is 2.22. The van der Waals surface area contributed by atoms with E-state index in [-0.39, 0.29) is 17.9 Å². The third kappa shape index (κ3) is 2.72. The molecular weight excluding hydrogens is 206 g/mol. The van der Waals surface area contributed by atoms with E-state index in [9.17, 15) is 9.59 Å². The van der Waals surface area contributed by atoms with E-state index in [0.29, 0.717) is 19.6 Å². The lowest BCUT2D eigenvalue weighted by Crippen LogP contribution is -2.44. The zero-order valence-electron chi connectivity index (χ0n) is 10.3. The Labute approximate surface area is 96.6 Å². The van der Waals surface area contributed by atoms with Gasteiger partial charge in [-0.15, -0.1) is 0 Å². The minimum Gasteiger partial charge on any atom is -0.339 e. The van der Waals surface area contributed by atoms with Crippen LogP contribution in [-0.4, -0.2) is 53.3 Å². The monoisotopic (exact) mass is 227 g/mol. The fourth-order valence-corrected chi connectivity index (χ4v) is 2.22. The van der Waals surface area contributed by atoms with Crippen LogP contribution in [0.3, 0.4) is 0 Å². The second-order valence-electron chi connectivity index (χ2n) is 4.32. The van der Waals surface area contributed by atoms with E-state index < -0.39 is 6.04 Å². The smallest absolute Gasteiger partial charge is 0.239 e. The second kappa shape index (κ2) is 5.30. The van der Waals surface area contributed by atoms with Crippen LogP contribution in [0.5, 0.6) is 0 Å². The van der Waals surface area contributed by atoms with Gasteiger partial charge in [0.15, 0.2) is 0 Å². The molecule has 92 valence electrons. The molecule has 2 amide bonds. The molecule has 0 aromatic carbocycles. The Kier molecular flexibility index (Phi) is 4.29. The Morgan fingerprint density at radius 2 is 2.19 bits per heavy atom. The number of amides is 2. The van der Waals surface area contributed by atoms with Crippen molar-refractivity contribution in [3.05, 3.63) is 0 Å². The van der Waals surface area contributed by atoms with Crippen molar-refractivity contribution in [2.75, 3.05) is 19.6 Å². The highest BCUT2D eigenvalue weighted by Crippen LogP contribution is 2.16. The molecule has 2 N–H and O–H groups in total.